The molecule has 0 aliphatic carbocycles. The number of hydrogen-bond donors (Lipinski definition) is 1. The Labute approximate surface area is 266 Å². The van der Waals surface area contributed by atoms with Crippen LogP contribution in [0, 0.1) is 5.82 Å². The van der Waals surface area contributed by atoms with Crippen molar-refractivity contribution in [1.29, 1.82) is 0 Å². The van der Waals surface area contributed by atoms with Gasteiger partial charge < -0.3 is 20.0 Å². The van der Waals surface area contributed by atoms with E-state index in [-0.39, 0.29) is 26.2 Å². The highest BCUT2D eigenvalue weighted by Crippen LogP contribution is 2.30. The molecular formula is C28H22Cl2F8N2O5S. The van der Waals surface area contributed by atoms with Crippen LogP contribution in [-0.2, 0) is 27.8 Å². The molecule has 4 aromatic rings. The Morgan fingerprint density at radius 1 is 0.978 bits per heavy atom. The van der Waals surface area contributed by atoms with E-state index in [9.17, 15) is 43.5 Å². The van der Waals surface area contributed by atoms with E-state index >= 15 is 0 Å². The summed E-state index contributed by atoms with van der Waals surface area (Å²) in [7, 11) is -4.15. The van der Waals surface area contributed by atoms with Crippen molar-refractivity contribution in [2.24, 2.45) is 0 Å². The maximum Gasteiger partial charge on any atom is 0.430 e. The van der Waals surface area contributed by atoms with E-state index in [0.717, 1.165) is 10.0 Å². The van der Waals surface area contributed by atoms with Gasteiger partial charge in [0.1, 0.15) is 24.1 Å². The van der Waals surface area contributed by atoms with Crippen molar-refractivity contribution in [3.8, 4) is 5.75 Å². The van der Waals surface area contributed by atoms with Crippen LogP contribution in [0.2, 0.25) is 10.0 Å². The molecule has 0 aliphatic heterocycles. The van der Waals surface area contributed by atoms with E-state index in [1.54, 1.807) is 12.1 Å². The van der Waals surface area contributed by atoms with E-state index in [0.29, 0.717) is 36.0 Å². The first kappa shape index (κ1) is 36.9. The number of hydrogen-bond acceptors (Lipinski definition) is 5. The standard InChI is InChI=1S/C26H21Cl2F5N2O3S.C2HF3O2/c27-18-9-19(28)11-22(10-18)39(36,37)35-14-17(23-5-4-20(29)12-24(23)35)6-7-34-13-16-2-1-3-21(8-16)38-15-26(32,33)25(30)31;3-2(4,5)1(6)7/h1-5,8-12,14,25,34H,6-7,13,15H2;(H,6,7). The molecular weight excluding hydrogens is 699 g/mol. The second kappa shape index (κ2) is 14.9. The molecule has 1 aromatic heterocycles. The largest absolute Gasteiger partial charge is 0.542 e. The predicted molar refractivity (Wildman–Crippen MR) is 149 cm³/mol. The summed E-state index contributed by atoms with van der Waals surface area (Å²) in [5.41, 5.74) is 1.52. The zero-order chi connectivity index (χ0) is 34.4. The SMILES string of the molecule is O=C([O-])C(F)(F)F.O=S(=O)(c1cc(Cl)cc(Cl)c1)n1cc(CC[NH2+]Cc2cccc(OCC(F)(F)C(F)F)c2)c2ccc(F)cc21. The van der Waals surface area contributed by atoms with Crippen LogP contribution < -0.4 is 15.2 Å². The van der Waals surface area contributed by atoms with Crippen LogP contribution in [0.5, 0.6) is 5.75 Å². The van der Waals surface area contributed by atoms with Crippen LogP contribution in [0.25, 0.3) is 10.9 Å². The van der Waals surface area contributed by atoms with E-state index in [4.69, 9.17) is 37.8 Å². The molecule has 18 heteroatoms. The van der Waals surface area contributed by atoms with Crippen LogP contribution in [0.1, 0.15) is 11.1 Å². The predicted octanol–water partition coefficient (Wildman–Crippen LogP) is 5.21. The number of carboxylic acid groups (broad SMARTS) is 1. The molecule has 0 radical (unpaired) electrons. The minimum absolute atomic E-state index is 0.0395. The topological polar surface area (TPSA) is 105 Å². The quantitative estimate of drug-likeness (QED) is 0.169. The summed E-state index contributed by atoms with van der Waals surface area (Å²) in [6.07, 6.45) is -7.17. The third-order valence-corrected chi connectivity index (χ3v) is 8.18. The van der Waals surface area contributed by atoms with Gasteiger partial charge in [-0.05, 0) is 54.1 Å². The van der Waals surface area contributed by atoms with Crippen molar-refractivity contribution in [3.63, 3.8) is 0 Å². The zero-order valence-electron chi connectivity index (χ0n) is 23.0. The minimum Gasteiger partial charge on any atom is -0.542 e. The van der Waals surface area contributed by atoms with Gasteiger partial charge in [0.15, 0.2) is 6.61 Å². The molecule has 250 valence electrons. The Hall–Kier alpha value is -3.60. The van der Waals surface area contributed by atoms with Crippen molar-refractivity contribution >= 4 is 50.1 Å². The van der Waals surface area contributed by atoms with Gasteiger partial charge in [0, 0.05) is 33.6 Å². The lowest BCUT2D eigenvalue weighted by atomic mass is 10.1. The number of halogens is 10. The van der Waals surface area contributed by atoms with E-state index in [2.05, 4.69) is 0 Å². The fourth-order valence-electron chi connectivity index (χ4n) is 3.96. The van der Waals surface area contributed by atoms with E-state index < -0.39 is 46.9 Å². The third-order valence-electron chi connectivity index (χ3n) is 6.09. The third kappa shape index (κ3) is 9.70. The van der Waals surface area contributed by atoms with E-state index in [1.807, 2.05) is 5.32 Å². The maximum absolute atomic E-state index is 14.1. The first-order valence-corrected chi connectivity index (χ1v) is 15.0. The number of rotatable bonds is 11. The number of alkyl halides is 7. The summed E-state index contributed by atoms with van der Waals surface area (Å²) in [6.45, 7) is -0.532. The summed E-state index contributed by atoms with van der Waals surface area (Å²) in [4.78, 5) is 8.64. The molecule has 0 unspecified atom stereocenters. The molecule has 7 nitrogen and oxygen atoms in total. The number of ether oxygens (including phenoxy) is 1. The summed E-state index contributed by atoms with van der Waals surface area (Å²) < 4.78 is 129. The second-order valence-corrected chi connectivity index (χ2v) is 12.2. The Kier molecular flexibility index (Phi) is 11.9. The number of aliphatic carboxylic acids is 1. The van der Waals surface area contributed by atoms with Crippen LogP contribution in [-0.4, -0.2) is 50.0 Å². The molecule has 0 aliphatic rings. The molecule has 0 saturated carbocycles. The average molecular weight is 721 g/mol. The number of quaternary nitrogens is 1. The number of benzene rings is 3. The second-order valence-electron chi connectivity index (χ2n) is 9.54. The lowest BCUT2D eigenvalue weighted by Gasteiger charge is -2.16. The normalized spacial score (nSPS) is 12.2. The summed E-state index contributed by atoms with van der Waals surface area (Å²) in [6, 6.07) is 14.0. The van der Waals surface area contributed by atoms with Gasteiger partial charge in [0.05, 0.1) is 17.0 Å². The number of nitrogens with zero attached hydrogens (tertiary/aromatic N) is 1. The van der Waals surface area contributed by atoms with Crippen LogP contribution in [0.3, 0.4) is 0 Å². The smallest absolute Gasteiger partial charge is 0.430 e. The average Bonchev–Trinajstić information content (AvgIpc) is 3.32. The van der Waals surface area contributed by atoms with Crippen molar-refractivity contribution in [1.82, 2.24) is 3.97 Å². The summed E-state index contributed by atoms with van der Waals surface area (Å²) in [5.74, 6) is -7.82. The van der Waals surface area contributed by atoms with Crippen molar-refractivity contribution in [2.75, 3.05) is 13.2 Å². The first-order chi connectivity index (χ1) is 21.3. The molecule has 0 fully saturated rings. The van der Waals surface area contributed by atoms with Gasteiger partial charge in [0.2, 0.25) is 0 Å². The van der Waals surface area contributed by atoms with Crippen molar-refractivity contribution in [2.45, 2.75) is 36.4 Å². The zero-order valence-corrected chi connectivity index (χ0v) is 25.3. The Balaban J connectivity index is 0.000000738. The van der Waals surface area contributed by atoms with Gasteiger partial charge >= 0.3 is 18.5 Å². The molecule has 0 amide bonds. The number of fused-ring (bicyclic) bond motifs is 1. The maximum atomic E-state index is 14.1. The van der Waals surface area contributed by atoms with Gasteiger partial charge in [-0.2, -0.15) is 22.0 Å². The Bertz CT molecular complexity index is 1780. The van der Waals surface area contributed by atoms with Gasteiger partial charge in [-0.3, -0.25) is 0 Å². The molecule has 2 N–H and O–H groups in total. The molecule has 0 spiro atoms. The fraction of sp³-hybridized carbons (Fsp3) is 0.250. The molecule has 3 aromatic carbocycles. The van der Waals surface area contributed by atoms with Gasteiger partial charge in [-0.1, -0.05) is 35.3 Å². The number of carboxylic acids is 1. The van der Waals surface area contributed by atoms with Crippen LogP contribution in [0.15, 0.2) is 71.8 Å². The highest BCUT2D eigenvalue weighted by atomic mass is 35.5. The van der Waals surface area contributed by atoms with Crippen molar-refractivity contribution in [3.05, 3.63) is 93.8 Å². The highest BCUT2D eigenvalue weighted by Gasteiger charge is 2.41. The first-order valence-electron chi connectivity index (χ1n) is 12.8. The molecule has 0 atom stereocenters. The van der Waals surface area contributed by atoms with Gasteiger partial charge in [-0.25, -0.2) is 25.6 Å². The highest BCUT2D eigenvalue weighted by molar-refractivity contribution is 7.90. The Morgan fingerprint density at radius 2 is 1.61 bits per heavy atom. The molecule has 0 saturated heterocycles. The fourth-order valence-corrected chi connectivity index (χ4v) is 6.07. The van der Waals surface area contributed by atoms with Crippen LogP contribution >= 0.6 is 23.2 Å². The van der Waals surface area contributed by atoms with E-state index in [1.165, 1.54) is 48.7 Å². The number of nitrogens with two attached hydrogens (primary N) is 1. The molecule has 4 rings (SSSR count). The number of aromatic nitrogens is 1. The minimum atomic E-state index is -5.19. The summed E-state index contributed by atoms with van der Waals surface area (Å²) >= 11 is 12.0. The lowest BCUT2D eigenvalue weighted by molar-refractivity contribution is -0.670. The molecule has 1 heterocycles. The number of carbonyl (C=O) groups is 1. The van der Waals surface area contributed by atoms with Crippen LogP contribution in [0.4, 0.5) is 35.1 Å². The van der Waals surface area contributed by atoms with Crippen molar-refractivity contribution < 1.29 is 63.5 Å². The van der Waals surface area contributed by atoms with Gasteiger partial charge in [0.25, 0.3) is 10.0 Å². The lowest BCUT2D eigenvalue weighted by Crippen LogP contribution is -2.83. The molecule has 0 bridgehead atoms. The molecule has 46 heavy (non-hydrogen) atoms. The van der Waals surface area contributed by atoms with Gasteiger partial charge in [-0.15, -0.1) is 0 Å². The monoisotopic (exact) mass is 720 g/mol. The Morgan fingerprint density at radius 3 is 2.20 bits per heavy atom. The summed E-state index contributed by atoms with van der Waals surface area (Å²) in [5, 5.41) is 11.5. The number of carbonyl (C=O) groups excluding carboxylic acids is 1.